The third kappa shape index (κ3) is 3.03. The number of ether oxygens (including phenoxy) is 2. The largest absolute Gasteiger partial charge is 0.493 e. The first-order chi connectivity index (χ1) is 10.1. The Morgan fingerprint density at radius 2 is 1.95 bits per heavy atom. The number of nitrogen functional groups attached to an aromatic ring is 1. The molecule has 21 heavy (non-hydrogen) atoms. The minimum atomic E-state index is -0.388. The molecule has 0 fully saturated rings. The average molecular weight is 305 g/mol. The number of aryl methyl sites for hydroxylation is 1. The van der Waals surface area contributed by atoms with Crippen molar-refractivity contribution in [2.75, 3.05) is 18.9 Å². The molecule has 0 aliphatic heterocycles. The Bertz CT molecular complexity index is 649. The first-order valence-electron chi connectivity index (χ1n) is 6.88. The summed E-state index contributed by atoms with van der Waals surface area (Å²) in [6.07, 6.45) is 0. The highest BCUT2D eigenvalue weighted by Crippen LogP contribution is 2.42. The Hall–Kier alpha value is -2.01. The highest BCUT2D eigenvalue weighted by atomic mass is 32.1. The lowest BCUT2D eigenvalue weighted by molar-refractivity contribution is 0.0529. The summed E-state index contributed by atoms with van der Waals surface area (Å²) in [5.74, 6) is 0.354. The number of carbonyl (C=O) groups is 1. The number of hydrogen-bond acceptors (Lipinski definition) is 5. The van der Waals surface area contributed by atoms with Gasteiger partial charge in [0.1, 0.15) is 16.3 Å². The van der Waals surface area contributed by atoms with Crippen LogP contribution in [-0.2, 0) is 4.74 Å². The smallest absolute Gasteiger partial charge is 0.341 e. The molecule has 5 heteroatoms. The summed E-state index contributed by atoms with van der Waals surface area (Å²) < 4.78 is 10.8. The van der Waals surface area contributed by atoms with Crippen molar-refractivity contribution in [2.24, 2.45) is 0 Å². The summed E-state index contributed by atoms with van der Waals surface area (Å²) in [5, 5.41) is 0.479. The van der Waals surface area contributed by atoms with Gasteiger partial charge in [0, 0.05) is 16.0 Å². The Labute approximate surface area is 128 Å². The number of esters is 1. The normalized spacial score (nSPS) is 10.4. The molecule has 1 heterocycles. The zero-order chi connectivity index (χ0) is 15.4. The van der Waals surface area contributed by atoms with Gasteiger partial charge < -0.3 is 15.2 Å². The first kappa shape index (κ1) is 15.4. The molecule has 0 unspecified atom stereocenters. The van der Waals surface area contributed by atoms with E-state index in [2.05, 4.69) is 0 Å². The van der Waals surface area contributed by atoms with Gasteiger partial charge in [0.25, 0.3) is 0 Å². The minimum Gasteiger partial charge on any atom is -0.493 e. The van der Waals surface area contributed by atoms with E-state index < -0.39 is 0 Å². The summed E-state index contributed by atoms with van der Waals surface area (Å²) in [7, 11) is 0. The van der Waals surface area contributed by atoms with Crippen LogP contribution >= 0.6 is 11.3 Å². The molecule has 1 aromatic carbocycles. The van der Waals surface area contributed by atoms with Gasteiger partial charge in [0.2, 0.25) is 0 Å². The second-order valence-corrected chi connectivity index (χ2v) is 5.68. The molecule has 2 N–H and O–H groups in total. The predicted molar refractivity (Wildman–Crippen MR) is 86.0 cm³/mol. The van der Waals surface area contributed by atoms with Crippen molar-refractivity contribution in [1.82, 2.24) is 0 Å². The lowest BCUT2D eigenvalue weighted by Gasteiger charge is -2.12. The van der Waals surface area contributed by atoms with Gasteiger partial charge >= 0.3 is 5.97 Å². The number of benzene rings is 1. The average Bonchev–Trinajstić information content (AvgIpc) is 2.75. The van der Waals surface area contributed by atoms with Crippen molar-refractivity contribution in [2.45, 2.75) is 20.8 Å². The molecule has 0 aliphatic rings. The van der Waals surface area contributed by atoms with Crippen molar-refractivity contribution >= 4 is 22.3 Å². The maximum atomic E-state index is 12.2. The Morgan fingerprint density at radius 3 is 2.62 bits per heavy atom. The molecule has 0 aliphatic carbocycles. The van der Waals surface area contributed by atoms with Gasteiger partial charge in [0.05, 0.1) is 13.2 Å². The van der Waals surface area contributed by atoms with Gasteiger partial charge in [-0.05, 0) is 26.8 Å². The first-order valence-corrected chi connectivity index (χ1v) is 7.69. The fourth-order valence-corrected chi connectivity index (χ4v) is 3.18. The molecule has 4 nitrogen and oxygen atoms in total. The van der Waals surface area contributed by atoms with Crippen molar-refractivity contribution in [3.05, 3.63) is 34.7 Å². The van der Waals surface area contributed by atoms with Crippen LogP contribution < -0.4 is 10.5 Å². The van der Waals surface area contributed by atoms with Crippen LogP contribution in [0.3, 0.4) is 0 Å². The third-order valence-electron chi connectivity index (χ3n) is 3.05. The van der Waals surface area contributed by atoms with E-state index in [4.69, 9.17) is 15.2 Å². The number of anilines is 1. The number of thiophene rings is 1. The van der Waals surface area contributed by atoms with Crippen molar-refractivity contribution in [1.29, 1.82) is 0 Å². The van der Waals surface area contributed by atoms with Gasteiger partial charge in [0.15, 0.2) is 0 Å². The third-order valence-corrected chi connectivity index (χ3v) is 3.98. The zero-order valence-corrected chi connectivity index (χ0v) is 13.3. The number of para-hydroxylation sites is 1. The molecule has 0 atom stereocenters. The molecule has 0 amide bonds. The quantitative estimate of drug-likeness (QED) is 0.852. The van der Waals surface area contributed by atoms with E-state index in [1.54, 1.807) is 6.92 Å². The van der Waals surface area contributed by atoms with Crippen LogP contribution in [0, 0.1) is 6.92 Å². The van der Waals surface area contributed by atoms with Gasteiger partial charge in [-0.25, -0.2) is 4.79 Å². The molecular formula is C16H19NO3S. The van der Waals surface area contributed by atoms with E-state index in [-0.39, 0.29) is 5.97 Å². The molecule has 1 aromatic heterocycles. The number of hydrogen-bond donors (Lipinski definition) is 1. The molecule has 2 rings (SSSR count). The maximum Gasteiger partial charge on any atom is 0.341 e. The topological polar surface area (TPSA) is 61.5 Å². The molecule has 112 valence electrons. The maximum absolute atomic E-state index is 12.2. The summed E-state index contributed by atoms with van der Waals surface area (Å²) in [4.78, 5) is 13.2. The predicted octanol–water partition coefficient (Wildman–Crippen LogP) is 3.88. The second-order valence-electron chi connectivity index (χ2n) is 4.42. The van der Waals surface area contributed by atoms with Gasteiger partial charge in [-0.2, -0.15) is 0 Å². The van der Waals surface area contributed by atoms with Gasteiger partial charge in [-0.15, -0.1) is 11.3 Å². The molecule has 2 aromatic rings. The van der Waals surface area contributed by atoms with E-state index in [0.29, 0.717) is 23.8 Å². The minimum absolute atomic E-state index is 0.319. The molecule has 0 saturated carbocycles. The van der Waals surface area contributed by atoms with E-state index >= 15 is 0 Å². The molecular weight excluding hydrogens is 286 g/mol. The van der Waals surface area contributed by atoms with Crippen LogP contribution in [0.2, 0.25) is 0 Å². The van der Waals surface area contributed by atoms with Gasteiger partial charge in [-0.3, -0.25) is 0 Å². The lowest BCUT2D eigenvalue weighted by Crippen LogP contribution is -2.07. The monoisotopic (exact) mass is 305 g/mol. The zero-order valence-electron chi connectivity index (χ0n) is 12.4. The van der Waals surface area contributed by atoms with E-state index in [1.807, 2.05) is 38.1 Å². The number of nitrogens with two attached hydrogens (primary N) is 1. The van der Waals surface area contributed by atoms with E-state index in [9.17, 15) is 4.79 Å². The molecule has 0 radical (unpaired) electrons. The fraction of sp³-hybridized carbons (Fsp3) is 0.312. The molecule has 0 bridgehead atoms. The van der Waals surface area contributed by atoms with Crippen molar-refractivity contribution in [3.8, 4) is 16.9 Å². The Kier molecular flexibility index (Phi) is 4.85. The second kappa shape index (κ2) is 6.63. The fourth-order valence-electron chi connectivity index (χ4n) is 2.25. The van der Waals surface area contributed by atoms with Crippen molar-refractivity contribution < 1.29 is 14.3 Å². The Morgan fingerprint density at radius 1 is 1.24 bits per heavy atom. The molecule has 0 saturated heterocycles. The summed E-state index contributed by atoms with van der Waals surface area (Å²) in [5.41, 5.74) is 8.12. The van der Waals surface area contributed by atoms with E-state index in [1.165, 1.54) is 11.3 Å². The van der Waals surface area contributed by atoms with Crippen LogP contribution in [0.1, 0.15) is 29.1 Å². The molecule has 0 spiro atoms. The summed E-state index contributed by atoms with van der Waals surface area (Å²) >= 11 is 1.39. The number of carbonyl (C=O) groups excluding carboxylic acids is 1. The summed E-state index contributed by atoms with van der Waals surface area (Å²) in [6.45, 7) is 6.53. The Balaban J connectivity index is 2.61. The summed E-state index contributed by atoms with van der Waals surface area (Å²) in [6, 6.07) is 7.65. The van der Waals surface area contributed by atoms with Crippen LogP contribution in [0.4, 0.5) is 5.00 Å². The SMILES string of the molecule is CCOC(=O)c1c(N)sc(C)c1-c1ccccc1OCC. The standard InChI is InChI=1S/C16H19NO3S/c1-4-19-12-9-7-6-8-11(12)13-10(3)21-15(17)14(13)16(18)20-5-2/h6-9H,4-5,17H2,1-3H3. The van der Waals surface area contributed by atoms with Crippen LogP contribution in [0.15, 0.2) is 24.3 Å². The number of rotatable bonds is 5. The van der Waals surface area contributed by atoms with Gasteiger partial charge in [-0.1, -0.05) is 18.2 Å². The van der Waals surface area contributed by atoms with Crippen molar-refractivity contribution in [3.63, 3.8) is 0 Å². The lowest BCUT2D eigenvalue weighted by atomic mass is 10.0. The highest BCUT2D eigenvalue weighted by Gasteiger charge is 2.24. The highest BCUT2D eigenvalue weighted by molar-refractivity contribution is 7.16. The van der Waals surface area contributed by atoms with Crippen LogP contribution in [0.25, 0.3) is 11.1 Å². The van der Waals surface area contributed by atoms with E-state index in [0.717, 1.165) is 21.8 Å². The van der Waals surface area contributed by atoms with Crippen LogP contribution in [0.5, 0.6) is 5.75 Å². The van der Waals surface area contributed by atoms with Crippen LogP contribution in [-0.4, -0.2) is 19.2 Å².